The maximum absolute atomic E-state index is 12.4. The number of nitrogens with one attached hydrogen (secondary N) is 3. The molecule has 3 aliphatic heterocycles. The molecule has 1 aromatic heterocycles. The number of carbonyl (C=O) groups excluding carboxylic acids is 2. The smallest absolute Gasteiger partial charge is 0.342 e. The van der Waals surface area contributed by atoms with E-state index < -0.39 is 6.03 Å². The fourth-order valence-electron chi connectivity index (χ4n) is 4.39. The van der Waals surface area contributed by atoms with Crippen LogP contribution in [0.3, 0.4) is 0 Å². The van der Waals surface area contributed by atoms with Crippen LogP contribution in [0, 0.1) is 0 Å². The van der Waals surface area contributed by atoms with E-state index in [-0.39, 0.29) is 12.5 Å². The van der Waals surface area contributed by atoms with Crippen LogP contribution in [0.25, 0.3) is 0 Å². The highest BCUT2D eigenvalue weighted by Gasteiger charge is 2.29. The van der Waals surface area contributed by atoms with E-state index >= 15 is 0 Å². The molecule has 11 nitrogen and oxygen atoms in total. The molecule has 12 heteroatoms. The van der Waals surface area contributed by atoms with Gasteiger partial charge in [0.25, 0.3) is 5.91 Å². The van der Waals surface area contributed by atoms with E-state index in [1.165, 1.54) is 0 Å². The van der Waals surface area contributed by atoms with E-state index in [9.17, 15) is 14.8 Å². The first-order valence-electron chi connectivity index (χ1n) is 11.2. The number of hydrogen-bond acceptors (Lipinski definition) is 8. The molecule has 0 radical (unpaired) electrons. The van der Waals surface area contributed by atoms with Gasteiger partial charge < -0.3 is 20.3 Å². The number of carbonyl (C=O) groups is 2. The zero-order valence-electron chi connectivity index (χ0n) is 18.5. The Bertz CT molecular complexity index is 1090. The van der Waals surface area contributed by atoms with Crippen LogP contribution in [0.1, 0.15) is 18.5 Å². The molecule has 1 aromatic carbocycles. The first-order chi connectivity index (χ1) is 16.5. The SMILES string of the molecule is O=C1COc2ccc(CNC3CCN(CCN4C(=O)NN(O)c5ccc(Cl)cc54)CC3)nc2N1. The second-order valence-electron chi connectivity index (χ2n) is 8.50. The first kappa shape index (κ1) is 22.7. The summed E-state index contributed by atoms with van der Waals surface area (Å²) in [5.74, 6) is 0.870. The number of halogens is 1. The molecular formula is C22H26ClN7O4. The monoisotopic (exact) mass is 487 g/mol. The van der Waals surface area contributed by atoms with Crippen LogP contribution < -0.4 is 30.9 Å². The summed E-state index contributed by atoms with van der Waals surface area (Å²) in [6, 6.07) is 8.72. The van der Waals surface area contributed by atoms with Crippen LogP contribution in [-0.4, -0.2) is 65.9 Å². The number of anilines is 3. The van der Waals surface area contributed by atoms with Crippen molar-refractivity contribution in [3.63, 3.8) is 0 Å². The van der Waals surface area contributed by atoms with Crippen molar-refractivity contribution in [1.82, 2.24) is 20.6 Å². The molecule has 0 unspecified atom stereocenters. The average molecular weight is 488 g/mol. The molecule has 34 heavy (non-hydrogen) atoms. The number of amides is 3. The maximum Gasteiger partial charge on any atom is 0.342 e. The van der Waals surface area contributed by atoms with Crippen LogP contribution in [0.4, 0.5) is 22.0 Å². The molecule has 0 bridgehead atoms. The van der Waals surface area contributed by atoms with Crippen molar-refractivity contribution < 1.29 is 19.5 Å². The number of hydrogen-bond donors (Lipinski definition) is 4. The molecule has 0 aliphatic carbocycles. The highest BCUT2D eigenvalue weighted by molar-refractivity contribution is 6.31. The van der Waals surface area contributed by atoms with Crippen LogP contribution in [0.2, 0.25) is 5.02 Å². The second kappa shape index (κ2) is 9.63. The molecule has 0 atom stereocenters. The van der Waals surface area contributed by atoms with Crippen molar-refractivity contribution in [1.29, 1.82) is 0 Å². The number of pyridine rings is 1. The third kappa shape index (κ3) is 4.87. The lowest BCUT2D eigenvalue weighted by atomic mass is 10.0. The number of nitrogens with zero attached hydrogens (tertiary/aromatic N) is 4. The topological polar surface area (TPSA) is 122 Å². The Kier molecular flexibility index (Phi) is 6.42. The molecule has 1 saturated heterocycles. The summed E-state index contributed by atoms with van der Waals surface area (Å²) in [5.41, 5.74) is 4.33. The van der Waals surface area contributed by atoms with Crippen LogP contribution in [0.5, 0.6) is 5.75 Å². The van der Waals surface area contributed by atoms with E-state index in [4.69, 9.17) is 16.3 Å². The van der Waals surface area contributed by atoms with Crippen molar-refractivity contribution in [2.75, 3.05) is 48.2 Å². The molecule has 180 valence electrons. The molecule has 5 rings (SSSR count). The highest BCUT2D eigenvalue weighted by Crippen LogP contribution is 2.33. The molecule has 2 aromatic rings. The largest absolute Gasteiger partial charge is 0.480 e. The predicted molar refractivity (Wildman–Crippen MR) is 126 cm³/mol. The van der Waals surface area contributed by atoms with E-state index in [1.807, 2.05) is 12.1 Å². The number of benzene rings is 1. The predicted octanol–water partition coefficient (Wildman–Crippen LogP) is 1.96. The maximum atomic E-state index is 12.4. The van der Waals surface area contributed by atoms with Crippen LogP contribution in [-0.2, 0) is 11.3 Å². The Morgan fingerprint density at radius 2 is 1.97 bits per heavy atom. The van der Waals surface area contributed by atoms with Crippen molar-refractivity contribution in [3.05, 3.63) is 41.0 Å². The van der Waals surface area contributed by atoms with Gasteiger partial charge in [-0.25, -0.2) is 15.2 Å². The summed E-state index contributed by atoms with van der Waals surface area (Å²) in [6.45, 7) is 3.64. The summed E-state index contributed by atoms with van der Waals surface area (Å²) in [4.78, 5) is 32.3. The quantitative estimate of drug-likeness (QED) is 0.488. The van der Waals surface area contributed by atoms with Gasteiger partial charge >= 0.3 is 6.03 Å². The molecule has 1 fully saturated rings. The fourth-order valence-corrected chi connectivity index (χ4v) is 4.55. The minimum atomic E-state index is -0.395. The Morgan fingerprint density at radius 3 is 2.79 bits per heavy atom. The molecule has 0 saturated carbocycles. The number of piperidine rings is 1. The normalized spacial score (nSPS) is 18.6. The second-order valence-corrected chi connectivity index (χ2v) is 8.93. The molecule has 4 heterocycles. The van der Waals surface area contributed by atoms with Gasteiger partial charge in [0, 0.05) is 30.7 Å². The average Bonchev–Trinajstić information content (AvgIpc) is 2.83. The van der Waals surface area contributed by atoms with E-state index in [1.54, 1.807) is 23.1 Å². The van der Waals surface area contributed by atoms with E-state index in [0.717, 1.165) is 36.8 Å². The van der Waals surface area contributed by atoms with Crippen molar-refractivity contribution in [2.45, 2.75) is 25.4 Å². The lowest BCUT2D eigenvalue weighted by Gasteiger charge is -2.37. The van der Waals surface area contributed by atoms with Gasteiger partial charge in [0.1, 0.15) is 5.69 Å². The fraction of sp³-hybridized carbons (Fsp3) is 0.409. The number of fused-ring (bicyclic) bond motifs is 2. The number of urea groups is 1. The minimum absolute atomic E-state index is 0.0212. The number of rotatable bonds is 6. The molecule has 0 spiro atoms. The zero-order chi connectivity index (χ0) is 23.7. The molecular weight excluding hydrogens is 462 g/mol. The van der Waals surface area contributed by atoms with Crippen LogP contribution >= 0.6 is 11.6 Å². The van der Waals surface area contributed by atoms with Crippen molar-refractivity contribution >= 4 is 40.7 Å². The lowest BCUT2D eigenvalue weighted by molar-refractivity contribution is -0.118. The van der Waals surface area contributed by atoms with Gasteiger partial charge in [0.2, 0.25) is 0 Å². The van der Waals surface area contributed by atoms with Gasteiger partial charge in [0.05, 0.1) is 11.4 Å². The number of aromatic nitrogens is 1. The number of likely N-dealkylation sites (tertiary alicyclic amines) is 1. The summed E-state index contributed by atoms with van der Waals surface area (Å²) in [7, 11) is 0. The Morgan fingerprint density at radius 1 is 1.15 bits per heavy atom. The number of hydrazine groups is 1. The third-order valence-electron chi connectivity index (χ3n) is 6.23. The summed E-state index contributed by atoms with van der Waals surface area (Å²) >= 11 is 6.11. The van der Waals surface area contributed by atoms with Gasteiger partial charge in [-0.3, -0.25) is 14.9 Å². The van der Waals surface area contributed by atoms with Gasteiger partial charge in [-0.2, -0.15) is 5.17 Å². The van der Waals surface area contributed by atoms with Gasteiger partial charge in [0.15, 0.2) is 18.2 Å². The van der Waals surface area contributed by atoms with Gasteiger partial charge in [-0.15, -0.1) is 0 Å². The minimum Gasteiger partial charge on any atom is -0.480 e. The van der Waals surface area contributed by atoms with Gasteiger partial charge in [-0.05, 0) is 56.3 Å². The summed E-state index contributed by atoms with van der Waals surface area (Å²) in [5, 5.41) is 17.5. The molecule has 3 aliphatic rings. The van der Waals surface area contributed by atoms with E-state index in [0.29, 0.717) is 53.6 Å². The van der Waals surface area contributed by atoms with Crippen molar-refractivity contribution in [2.24, 2.45) is 0 Å². The Balaban J connectivity index is 1.10. The molecule has 3 amide bonds. The Labute approximate surface area is 201 Å². The molecule has 4 N–H and O–H groups in total. The van der Waals surface area contributed by atoms with Gasteiger partial charge in [-0.1, -0.05) is 11.6 Å². The van der Waals surface area contributed by atoms with E-state index in [2.05, 4.69) is 25.9 Å². The van der Waals surface area contributed by atoms with Crippen molar-refractivity contribution in [3.8, 4) is 5.75 Å². The third-order valence-corrected chi connectivity index (χ3v) is 6.47. The van der Waals surface area contributed by atoms with Crippen LogP contribution in [0.15, 0.2) is 30.3 Å². The number of ether oxygens (including phenoxy) is 1. The first-order valence-corrected chi connectivity index (χ1v) is 11.6. The standard InChI is InChI=1S/C22H26ClN7O4/c23-14-1-3-17-18(11-14)29(22(32)27-30(17)33)10-9-28-7-5-15(6-8-28)24-12-16-2-4-19-21(25-16)26-20(31)13-34-19/h1-4,11,15,24,33H,5-10,12-13H2,(H,27,32)(H,25,26,31). The summed E-state index contributed by atoms with van der Waals surface area (Å²) < 4.78 is 5.35. The Hall–Kier alpha value is -3.12. The summed E-state index contributed by atoms with van der Waals surface area (Å²) in [6.07, 6.45) is 1.95. The highest BCUT2D eigenvalue weighted by atomic mass is 35.5. The lowest BCUT2D eigenvalue weighted by Crippen LogP contribution is -2.54. The zero-order valence-corrected chi connectivity index (χ0v) is 19.2.